The van der Waals surface area contributed by atoms with Crippen molar-refractivity contribution in [1.82, 2.24) is 4.90 Å². The zero-order valence-electron chi connectivity index (χ0n) is 13.3. The van der Waals surface area contributed by atoms with Crippen LogP contribution in [0.15, 0.2) is 24.3 Å². The summed E-state index contributed by atoms with van der Waals surface area (Å²) in [4.78, 5) is 25.0. The lowest BCUT2D eigenvalue weighted by atomic mass is 10.0. The van der Waals surface area contributed by atoms with E-state index in [1.54, 1.807) is 6.92 Å². The van der Waals surface area contributed by atoms with Crippen molar-refractivity contribution >= 4 is 11.9 Å². The average Bonchev–Trinajstić information content (AvgIpc) is 2.96. The van der Waals surface area contributed by atoms with Crippen LogP contribution in [0, 0.1) is 0 Å². The van der Waals surface area contributed by atoms with Crippen LogP contribution in [0.25, 0.3) is 0 Å². The van der Waals surface area contributed by atoms with Crippen LogP contribution in [0.1, 0.15) is 45.1 Å². The molecule has 2 atom stereocenters. The summed E-state index contributed by atoms with van der Waals surface area (Å²) in [5.74, 6) is -0.150. The van der Waals surface area contributed by atoms with Gasteiger partial charge in [-0.2, -0.15) is 0 Å². The Hall–Kier alpha value is -2.04. The van der Waals surface area contributed by atoms with Gasteiger partial charge in [0.15, 0.2) is 6.10 Å². The van der Waals surface area contributed by atoms with Gasteiger partial charge in [-0.3, -0.25) is 4.79 Å². The van der Waals surface area contributed by atoms with Crippen molar-refractivity contribution in [2.75, 3.05) is 6.54 Å². The molecule has 1 N–H and O–H groups in total. The highest BCUT2D eigenvalue weighted by molar-refractivity contribution is 5.87. The second kappa shape index (κ2) is 6.81. The summed E-state index contributed by atoms with van der Waals surface area (Å²) in [6.45, 7) is 6.37. The number of ether oxygens (including phenoxy) is 1. The molecule has 2 rings (SSSR count). The fraction of sp³-hybridized carbons (Fsp3) is 0.529. The number of carbonyl (C=O) groups excluding carboxylic acids is 1. The standard InChI is InChI=1S/C17H23NO4/c1-11(2)13-6-8-14(9-7-13)22-12(3)16(19)18-10-4-5-15(18)17(20)21/h6-9,11-12,15H,4-5,10H2,1-3H3,(H,20,21). The van der Waals surface area contributed by atoms with Crippen LogP contribution in [0.5, 0.6) is 5.75 Å². The van der Waals surface area contributed by atoms with Gasteiger partial charge in [-0.1, -0.05) is 26.0 Å². The first kappa shape index (κ1) is 16.3. The molecule has 1 aliphatic rings. The summed E-state index contributed by atoms with van der Waals surface area (Å²) in [7, 11) is 0. The van der Waals surface area contributed by atoms with E-state index in [4.69, 9.17) is 9.84 Å². The third-order valence-electron chi connectivity index (χ3n) is 4.03. The Kier molecular flexibility index (Phi) is 5.06. The molecule has 5 nitrogen and oxygen atoms in total. The normalized spacial score (nSPS) is 19.3. The number of amides is 1. The van der Waals surface area contributed by atoms with Crippen molar-refractivity contribution in [3.8, 4) is 5.75 Å². The van der Waals surface area contributed by atoms with E-state index in [1.165, 1.54) is 10.5 Å². The maximum atomic E-state index is 12.4. The second-order valence-electron chi connectivity index (χ2n) is 6.01. The fourth-order valence-electron chi connectivity index (χ4n) is 2.71. The number of rotatable bonds is 5. The van der Waals surface area contributed by atoms with Gasteiger partial charge in [0.1, 0.15) is 11.8 Å². The van der Waals surface area contributed by atoms with Crippen molar-refractivity contribution in [3.63, 3.8) is 0 Å². The SMILES string of the molecule is CC(Oc1ccc(C(C)C)cc1)C(=O)N1CCCC1C(=O)O. The maximum absolute atomic E-state index is 12.4. The number of benzene rings is 1. The molecule has 0 bridgehead atoms. The smallest absolute Gasteiger partial charge is 0.326 e. The maximum Gasteiger partial charge on any atom is 0.326 e. The number of hydrogen-bond acceptors (Lipinski definition) is 3. The second-order valence-corrected chi connectivity index (χ2v) is 6.01. The summed E-state index contributed by atoms with van der Waals surface area (Å²) < 4.78 is 5.67. The van der Waals surface area contributed by atoms with E-state index in [1.807, 2.05) is 24.3 Å². The molecule has 0 saturated carbocycles. The summed E-state index contributed by atoms with van der Waals surface area (Å²) in [6, 6.07) is 6.93. The molecular weight excluding hydrogens is 282 g/mol. The Morgan fingerprint density at radius 1 is 1.23 bits per heavy atom. The highest BCUT2D eigenvalue weighted by Gasteiger charge is 2.36. The zero-order chi connectivity index (χ0) is 16.3. The molecule has 1 saturated heterocycles. The predicted molar refractivity (Wildman–Crippen MR) is 83.0 cm³/mol. The highest BCUT2D eigenvalue weighted by Crippen LogP contribution is 2.22. The van der Waals surface area contributed by atoms with Gasteiger partial charge in [0.2, 0.25) is 0 Å². The number of carboxylic acid groups (broad SMARTS) is 1. The molecule has 22 heavy (non-hydrogen) atoms. The van der Waals surface area contributed by atoms with E-state index in [9.17, 15) is 9.59 Å². The first-order valence-electron chi connectivity index (χ1n) is 7.70. The average molecular weight is 305 g/mol. The topological polar surface area (TPSA) is 66.8 Å². The molecule has 1 heterocycles. The highest BCUT2D eigenvalue weighted by atomic mass is 16.5. The Labute approximate surface area is 130 Å². The summed E-state index contributed by atoms with van der Waals surface area (Å²) in [5.41, 5.74) is 1.21. The number of aliphatic carboxylic acids is 1. The molecule has 120 valence electrons. The third kappa shape index (κ3) is 3.59. The lowest BCUT2D eigenvalue weighted by molar-refractivity contribution is -0.150. The molecule has 1 amide bonds. The first-order valence-corrected chi connectivity index (χ1v) is 7.70. The van der Waals surface area contributed by atoms with Gasteiger partial charge in [0.25, 0.3) is 5.91 Å². The number of likely N-dealkylation sites (tertiary alicyclic amines) is 1. The minimum absolute atomic E-state index is 0.266. The molecule has 0 aromatic heterocycles. The number of hydrogen-bond donors (Lipinski definition) is 1. The first-order chi connectivity index (χ1) is 10.4. The van der Waals surface area contributed by atoms with E-state index in [0.717, 1.165) is 6.42 Å². The van der Waals surface area contributed by atoms with E-state index < -0.39 is 18.1 Å². The summed E-state index contributed by atoms with van der Waals surface area (Å²) in [5, 5.41) is 9.15. The van der Waals surface area contributed by atoms with Gasteiger partial charge in [-0.15, -0.1) is 0 Å². The van der Waals surface area contributed by atoms with E-state index in [2.05, 4.69) is 13.8 Å². The van der Waals surface area contributed by atoms with Crippen molar-refractivity contribution in [2.24, 2.45) is 0 Å². The number of nitrogens with zero attached hydrogens (tertiary/aromatic N) is 1. The van der Waals surface area contributed by atoms with Crippen LogP contribution >= 0.6 is 0 Å². The number of carboxylic acids is 1. The zero-order valence-corrected chi connectivity index (χ0v) is 13.3. The van der Waals surface area contributed by atoms with Crippen LogP contribution in [-0.2, 0) is 9.59 Å². The van der Waals surface area contributed by atoms with Crippen molar-refractivity contribution in [2.45, 2.75) is 51.7 Å². The lowest BCUT2D eigenvalue weighted by Crippen LogP contribution is -2.46. The Morgan fingerprint density at radius 2 is 1.86 bits per heavy atom. The van der Waals surface area contributed by atoms with Crippen molar-refractivity contribution in [1.29, 1.82) is 0 Å². The van der Waals surface area contributed by atoms with E-state index in [0.29, 0.717) is 24.6 Å². The molecule has 1 fully saturated rings. The lowest BCUT2D eigenvalue weighted by Gasteiger charge is -2.25. The van der Waals surface area contributed by atoms with Crippen molar-refractivity contribution < 1.29 is 19.4 Å². The van der Waals surface area contributed by atoms with Gasteiger partial charge in [-0.25, -0.2) is 4.79 Å². The minimum Gasteiger partial charge on any atom is -0.481 e. The molecule has 1 aromatic carbocycles. The molecule has 1 aromatic rings. The fourth-order valence-corrected chi connectivity index (χ4v) is 2.71. The molecule has 2 unspecified atom stereocenters. The molecule has 0 aliphatic carbocycles. The molecule has 1 aliphatic heterocycles. The summed E-state index contributed by atoms with van der Waals surface area (Å²) >= 11 is 0. The van der Waals surface area contributed by atoms with Gasteiger partial charge in [-0.05, 0) is 43.4 Å². The van der Waals surface area contributed by atoms with Crippen LogP contribution < -0.4 is 4.74 Å². The van der Waals surface area contributed by atoms with Crippen LogP contribution in [0.2, 0.25) is 0 Å². The summed E-state index contributed by atoms with van der Waals surface area (Å²) in [6.07, 6.45) is 0.542. The van der Waals surface area contributed by atoms with Gasteiger partial charge >= 0.3 is 5.97 Å². The van der Waals surface area contributed by atoms with Gasteiger partial charge in [0, 0.05) is 6.54 Å². The largest absolute Gasteiger partial charge is 0.481 e. The third-order valence-corrected chi connectivity index (χ3v) is 4.03. The van der Waals surface area contributed by atoms with Crippen LogP contribution in [-0.4, -0.2) is 40.6 Å². The quantitative estimate of drug-likeness (QED) is 0.908. The predicted octanol–water partition coefficient (Wildman–Crippen LogP) is 2.65. The van der Waals surface area contributed by atoms with Gasteiger partial charge < -0.3 is 14.7 Å². The van der Waals surface area contributed by atoms with Crippen LogP contribution in [0.4, 0.5) is 0 Å². The van der Waals surface area contributed by atoms with E-state index >= 15 is 0 Å². The Bertz CT molecular complexity index is 538. The van der Waals surface area contributed by atoms with Crippen molar-refractivity contribution in [3.05, 3.63) is 29.8 Å². The number of carbonyl (C=O) groups is 2. The Morgan fingerprint density at radius 3 is 2.41 bits per heavy atom. The molecular formula is C17H23NO4. The van der Waals surface area contributed by atoms with E-state index in [-0.39, 0.29) is 5.91 Å². The minimum atomic E-state index is -0.945. The molecule has 0 radical (unpaired) electrons. The monoisotopic (exact) mass is 305 g/mol. The van der Waals surface area contributed by atoms with Gasteiger partial charge in [0.05, 0.1) is 0 Å². The molecule has 0 spiro atoms. The Balaban J connectivity index is 2.00. The van der Waals surface area contributed by atoms with Crippen LogP contribution in [0.3, 0.4) is 0 Å². The molecule has 5 heteroatoms.